The van der Waals surface area contributed by atoms with Gasteiger partial charge in [0.15, 0.2) is 0 Å². The fraction of sp³-hybridized carbons (Fsp3) is 0.0870. The molecule has 0 amide bonds. The first kappa shape index (κ1) is 18.0. The Morgan fingerprint density at radius 3 is 2.21 bits per heavy atom. The summed E-state index contributed by atoms with van der Waals surface area (Å²) in [5, 5.41) is 4.98. The molecule has 6 heteroatoms. The maximum absolute atomic E-state index is 11.9. The number of fused-ring (bicyclic) bond motifs is 1. The number of rotatable bonds is 6. The highest BCUT2D eigenvalue weighted by molar-refractivity contribution is 7.14. The Morgan fingerprint density at radius 1 is 0.862 bits per heavy atom. The molecule has 4 heterocycles. The van der Waals surface area contributed by atoms with E-state index in [0.717, 1.165) is 5.39 Å². The van der Waals surface area contributed by atoms with E-state index in [1.54, 1.807) is 28.7 Å². The van der Waals surface area contributed by atoms with Crippen molar-refractivity contribution in [3.63, 3.8) is 0 Å². The van der Waals surface area contributed by atoms with Gasteiger partial charge in [-0.25, -0.2) is 4.79 Å². The van der Waals surface area contributed by atoms with Gasteiger partial charge >= 0.3 is 5.63 Å². The van der Waals surface area contributed by atoms with Crippen LogP contribution < -0.4 is 10.4 Å². The summed E-state index contributed by atoms with van der Waals surface area (Å²) in [7, 11) is 0. The van der Waals surface area contributed by atoms with E-state index in [1.165, 1.54) is 27.2 Å². The summed E-state index contributed by atoms with van der Waals surface area (Å²) >= 11 is 3.44. The maximum Gasteiger partial charge on any atom is 0.339 e. The highest BCUT2D eigenvalue weighted by Crippen LogP contribution is 2.33. The van der Waals surface area contributed by atoms with Gasteiger partial charge in [-0.1, -0.05) is 24.3 Å². The lowest BCUT2D eigenvalue weighted by Crippen LogP contribution is -2.11. The number of ether oxygens (including phenoxy) is 1. The third-order valence-electron chi connectivity index (χ3n) is 4.71. The molecule has 0 atom stereocenters. The number of benzene rings is 1. The largest absolute Gasteiger partial charge is 0.491 e. The van der Waals surface area contributed by atoms with Gasteiger partial charge in [-0.2, -0.15) is 0 Å². The molecule has 29 heavy (non-hydrogen) atoms. The quantitative estimate of drug-likeness (QED) is 0.311. The van der Waals surface area contributed by atoms with Gasteiger partial charge in [-0.15, -0.1) is 22.7 Å². The average Bonchev–Trinajstić information content (AvgIpc) is 3.48. The Morgan fingerprint density at radius 2 is 1.55 bits per heavy atom. The zero-order chi connectivity index (χ0) is 19.6. The zero-order valence-corrected chi connectivity index (χ0v) is 17.0. The van der Waals surface area contributed by atoms with Gasteiger partial charge < -0.3 is 13.7 Å². The second kappa shape index (κ2) is 7.73. The highest BCUT2D eigenvalue weighted by Gasteiger charge is 2.14. The molecule has 4 aromatic heterocycles. The fourth-order valence-electron chi connectivity index (χ4n) is 3.44. The first-order valence-electron chi connectivity index (χ1n) is 9.22. The molecule has 0 unspecified atom stereocenters. The van der Waals surface area contributed by atoms with E-state index in [2.05, 4.69) is 51.7 Å². The third kappa shape index (κ3) is 3.52. The van der Waals surface area contributed by atoms with Crippen LogP contribution in [0.3, 0.4) is 0 Å². The maximum atomic E-state index is 11.9. The van der Waals surface area contributed by atoms with Crippen LogP contribution in [0.1, 0.15) is 0 Å². The molecule has 0 radical (unpaired) electrons. The van der Waals surface area contributed by atoms with Gasteiger partial charge in [0.2, 0.25) is 0 Å². The summed E-state index contributed by atoms with van der Waals surface area (Å²) in [4.78, 5) is 14.3. The Balaban J connectivity index is 1.46. The summed E-state index contributed by atoms with van der Waals surface area (Å²) < 4.78 is 13.6. The van der Waals surface area contributed by atoms with Crippen molar-refractivity contribution in [1.82, 2.24) is 4.57 Å². The molecule has 0 spiro atoms. The lowest BCUT2D eigenvalue weighted by atomic mass is 10.2. The van der Waals surface area contributed by atoms with Crippen LogP contribution in [0.15, 0.2) is 86.7 Å². The summed E-state index contributed by atoms with van der Waals surface area (Å²) in [5.41, 5.74) is 2.47. The number of hydrogen-bond acceptors (Lipinski definition) is 5. The molecule has 1 aromatic carbocycles. The highest BCUT2D eigenvalue weighted by atomic mass is 32.1. The van der Waals surface area contributed by atoms with Gasteiger partial charge in [0, 0.05) is 0 Å². The van der Waals surface area contributed by atoms with E-state index in [-0.39, 0.29) is 0 Å². The summed E-state index contributed by atoms with van der Waals surface area (Å²) in [6, 6.07) is 21.6. The van der Waals surface area contributed by atoms with Crippen LogP contribution >= 0.6 is 22.7 Å². The third-order valence-corrected chi connectivity index (χ3v) is 6.50. The van der Waals surface area contributed by atoms with Crippen molar-refractivity contribution in [3.8, 4) is 26.9 Å². The molecule has 0 saturated heterocycles. The normalized spacial score (nSPS) is 11.2. The van der Waals surface area contributed by atoms with Crippen LogP contribution in [-0.4, -0.2) is 11.2 Å². The summed E-state index contributed by atoms with van der Waals surface area (Å²) in [5.74, 6) is 0.555. The van der Waals surface area contributed by atoms with Crippen molar-refractivity contribution in [1.29, 1.82) is 0 Å². The minimum Gasteiger partial charge on any atom is -0.491 e. The van der Waals surface area contributed by atoms with Crippen molar-refractivity contribution in [2.75, 3.05) is 6.61 Å². The minimum atomic E-state index is -0.404. The second-order valence-electron chi connectivity index (χ2n) is 6.48. The number of nitrogens with zero attached hydrogens (tertiary/aromatic N) is 1. The topological polar surface area (TPSA) is 44.4 Å². The average molecular weight is 420 g/mol. The second-order valence-corrected chi connectivity index (χ2v) is 8.38. The van der Waals surface area contributed by atoms with E-state index >= 15 is 0 Å². The van der Waals surface area contributed by atoms with Gasteiger partial charge in [-0.3, -0.25) is 0 Å². The van der Waals surface area contributed by atoms with Gasteiger partial charge in [0.25, 0.3) is 0 Å². The molecule has 4 nitrogen and oxygen atoms in total. The Bertz CT molecular complexity index is 1250. The van der Waals surface area contributed by atoms with Crippen molar-refractivity contribution >= 4 is 33.6 Å². The SMILES string of the molecule is O=c1cc(OCCn2c(-c3cccs3)ccc2-c2cccs2)c2ccccc2o1. The van der Waals surface area contributed by atoms with E-state index in [0.29, 0.717) is 24.5 Å². The van der Waals surface area contributed by atoms with E-state index in [9.17, 15) is 4.79 Å². The molecule has 144 valence electrons. The predicted octanol–water partition coefficient (Wildman–Crippen LogP) is 6.13. The van der Waals surface area contributed by atoms with Crippen LogP contribution in [0.25, 0.3) is 32.1 Å². The smallest absolute Gasteiger partial charge is 0.339 e. The monoisotopic (exact) mass is 419 g/mol. The molecule has 5 aromatic rings. The van der Waals surface area contributed by atoms with Crippen LogP contribution in [0.4, 0.5) is 0 Å². The molecule has 0 aliphatic carbocycles. The van der Waals surface area contributed by atoms with Crippen LogP contribution in [-0.2, 0) is 6.54 Å². The van der Waals surface area contributed by atoms with Gasteiger partial charge in [-0.05, 0) is 47.2 Å². The summed E-state index contributed by atoms with van der Waals surface area (Å²) in [6.45, 7) is 1.11. The number of hydrogen-bond donors (Lipinski definition) is 0. The number of para-hydroxylation sites is 1. The van der Waals surface area contributed by atoms with Crippen LogP contribution in [0, 0.1) is 0 Å². The molecular weight excluding hydrogens is 402 g/mol. The summed E-state index contributed by atoms with van der Waals surface area (Å²) in [6.07, 6.45) is 0. The van der Waals surface area contributed by atoms with Crippen molar-refractivity contribution in [2.24, 2.45) is 0 Å². The molecule has 0 bridgehead atoms. The molecule has 0 aliphatic rings. The van der Waals surface area contributed by atoms with Gasteiger partial charge in [0.05, 0.1) is 39.1 Å². The number of aromatic nitrogens is 1. The van der Waals surface area contributed by atoms with Crippen molar-refractivity contribution in [3.05, 3.63) is 87.9 Å². The van der Waals surface area contributed by atoms with Crippen LogP contribution in [0.2, 0.25) is 0 Å². The predicted molar refractivity (Wildman–Crippen MR) is 119 cm³/mol. The standard InChI is InChI=1S/C23H17NO3S2/c25-23-15-20(16-5-1-2-6-19(16)27-23)26-12-11-24-17(21-7-3-13-28-21)9-10-18(24)22-8-4-14-29-22/h1-10,13-15H,11-12H2. The minimum absolute atomic E-state index is 0.404. The number of thiophene rings is 2. The molecule has 0 saturated carbocycles. The molecule has 5 rings (SSSR count). The van der Waals surface area contributed by atoms with Gasteiger partial charge in [0.1, 0.15) is 17.9 Å². The fourth-order valence-corrected chi connectivity index (χ4v) is 4.96. The lowest BCUT2D eigenvalue weighted by Gasteiger charge is -2.14. The Labute approximate surface area is 175 Å². The molecule has 0 fully saturated rings. The van der Waals surface area contributed by atoms with E-state index in [4.69, 9.17) is 9.15 Å². The zero-order valence-electron chi connectivity index (χ0n) is 15.4. The Kier molecular flexibility index (Phi) is 4.79. The van der Waals surface area contributed by atoms with Crippen molar-refractivity contribution in [2.45, 2.75) is 6.54 Å². The first-order valence-corrected chi connectivity index (χ1v) is 11.0. The van der Waals surface area contributed by atoms with Crippen molar-refractivity contribution < 1.29 is 9.15 Å². The van der Waals surface area contributed by atoms with E-state index < -0.39 is 5.63 Å². The molecule has 0 aliphatic heterocycles. The van der Waals surface area contributed by atoms with E-state index in [1.807, 2.05) is 18.2 Å². The molecule has 0 N–H and O–H groups in total. The van der Waals surface area contributed by atoms with Crippen LogP contribution in [0.5, 0.6) is 5.75 Å². The first-order chi connectivity index (χ1) is 14.3. The Hall–Kier alpha value is -3.09. The molecular formula is C23H17NO3S2. The lowest BCUT2D eigenvalue weighted by molar-refractivity contribution is 0.301.